The van der Waals surface area contributed by atoms with E-state index in [4.69, 9.17) is 9.72 Å². The molecule has 5 heterocycles. The highest BCUT2D eigenvalue weighted by atomic mass is 19.1. The minimum atomic E-state index is -0.320. The lowest BCUT2D eigenvalue weighted by Gasteiger charge is -2.15. The van der Waals surface area contributed by atoms with Crippen LogP contribution in [0.3, 0.4) is 0 Å². The van der Waals surface area contributed by atoms with Gasteiger partial charge in [0.05, 0.1) is 28.8 Å². The number of likely N-dealkylation sites (tertiary alicyclic amines) is 1. The molecule has 4 aromatic heterocycles. The van der Waals surface area contributed by atoms with Gasteiger partial charge < -0.3 is 14.6 Å². The first-order valence-electron chi connectivity index (χ1n) is 14.3. The van der Waals surface area contributed by atoms with Gasteiger partial charge >= 0.3 is 0 Å². The molecule has 0 atom stereocenters. The second-order valence-electron chi connectivity index (χ2n) is 11.0. The van der Waals surface area contributed by atoms with Gasteiger partial charge in [0.2, 0.25) is 0 Å². The van der Waals surface area contributed by atoms with Crippen molar-refractivity contribution >= 4 is 27.6 Å². The number of nitrogens with zero attached hydrogens (tertiary/aromatic N) is 5. The molecule has 1 aliphatic rings. The summed E-state index contributed by atoms with van der Waals surface area (Å²) in [6.07, 6.45) is 6.12. The summed E-state index contributed by atoms with van der Waals surface area (Å²) in [6.45, 7) is 3.61. The van der Waals surface area contributed by atoms with Crippen LogP contribution in [0.1, 0.15) is 12.8 Å². The van der Waals surface area contributed by atoms with Gasteiger partial charge in [0, 0.05) is 49.4 Å². The zero-order valence-electron chi connectivity index (χ0n) is 23.7. The Hall–Kier alpha value is -4.76. The zero-order valence-corrected chi connectivity index (χ0v) is 23.7. The average molecular weight is 562 g/mol. The first-order chi connectivity index (χ1) is 20.5. The lowest BCUT2D eigenvalue weighted by Crippen LogP contribution is -2.25. The zero-order chi connectivity index (χ0) is 28.6. The van der Waals surface area contributed by atoms with Crippen LogP contribution in [-0.2, 0) is 0 Å². The standard InChI is InChI=1S/C33H32FN7O/c1-40(2)24-15-22(19-35-20-24)28-8-9-30-32(37-28)33(39-38-30)31-18-27-26(6-5-7-29(27)36-31)21-14-23(34)17-25(16-21)42-13-12-41-10-3-4-11-41/h5-9,14-20,36H,3-4,10-13H2,1-2H3,(H,38,39). The fraction of sp³-hybridized carbons (Fsp3) is 0.242. The molecule has 1 saturated heterocycles. The number of benzene rings is 2. The number of hydrogen-bond donors (Lipinski definition) is 2. The molecule has 0 unspecified atom stereocenters. The van der Waals surface area contributed by atoms with Crippen molar-refractivity contribution in [1.82, 2.24) is 30.0 Å². The van der Waals surface area contributed by atoms with E-state index in [1.165, 1.54) is 18.9 Å². The van der Waals surface area contributed by atoms with Crippen molar-refractivity contribution in [2.24, 2.45) is 0 Å². The Labute approximate surface area is 243 Å². The third-order valence-electron chi connectivity index (χ3n) is 7.92. The van der Waals surface area contributed by atoms with Gasteiger partial charge in [0.1, 0.15) is 29.4 Å². The van der Waals surface area contributed by atoms with Crippen LogP contribution in [0.2, 0.25) is 0 Å². The molecule has 1 fully saturated rings. The average Bonchev–Trinajstić information content (AvgIpc) is 3.76. The molecule has 2 aromatic carbocycles. The molecule has 8 nitrogen and oxygen atoms in total. The van der Waals surface area contributed by atoms with Crippen LogP contribution in [0, 0.1) is 5.82 Å². The predicted octanol–water partition coefficient (Wildman–Crippen LogP) is 6.51. The smallest absolute Gasteiger partial charge is 0.135 e. The van der Waals surface area contributed by atoms with Crippen molar-refractivity contribution in [2.75, 3.05) is 45.2 Å². The minimum absolute atomic E-state index is 0.320. The third kappa shape index (κ3) is 5.07. The van der Waals surface area contributed by atoms with Gasteiger partial charge in [-0.15, -0.1) is 0 Å². The van der Waals surface area contributed by atoms with Crippen molar-refractivity contribution in [2.45, 2.75) is 12.8 Å². The largest absolute Gasteiger partial charge is 0.492 e. The number of anilines is 1. The Morgan fingerprint density at radius 2 is 1.83 bits per heavy atom. The number of nitrogens with one attached hydrogen (secondary N) is 2. The van der Waals surface area contributed by atoms with E-state index >= 15 is 0 Å². The second kappa shape index (κ2) is 10.9. The Morgan fingerprint density at radius 3 is 2.69 bits per heavy atom. The van der Waals surface area contributed by atoms with Gasteiger partial charge in [-0.05, 0) is 79.5 Å². The van der Waals surface area contributed by atoms with Crippen LogP contribution < -0.4 is 9.64 Å². The lowest BCUT2D eigenvalue weighted by molar-refractivity contribution is 0.237. The van der Waals surface area contributed by atoms with Crippen molar-refractivity contribution in [3.8, 4) is 39.5 Å². The predicted molar refractivity (Wildman–Crippen MR) is 165 cm³/mol. The first-order valence-corrected chi connectivity index (χ1v) is 14.3. The van der Waals surface area contributed by atoms with Crippen molar-refractivity contribution in [1.29, 1.82) is 0 Å². The van der Waals surface area contributed by atoms with E-state index in [1.807, 2.05) is 67.8 Å². The molecule has 9 heteroatoms. The molecule has 0 bridgehead atoms. The highest BCUT2D eigenvalue weighted by molar-refractivity contribution is 6.00. The molecule has 6 aromatic rings. The maximum atomic E-state index is 14.8. The van der Waals surface area contributed by atoms with E-state index < -0.39 is 0 Å². The normalized spacial score (nSPS) is 13.8. The summed E-state index contributed by atoms with van der Waals surface area (Å²) in [5.41, 5.74) is 8.50. The number of aromatic nitrogens is 5. The number of hydrogen-bond acceptors (Lipinski definition) is 6. The summed E-state index contributed by atoms with van der Waals surface area (Å²) in [4.78, 5) is 17.3. The SMILES string of the molecule is CN(C)c1cncc(-c2ccc3[nH]nc(-c4cc5c(-c6cc(F)cc(OCCN7CCCC7)c6)cccc5[nH]4)c3n2)c1. The van der Waals surface area contributed by atoms with Gasteiger partial charge in [-0.2, -0.15) is 5.10 Å². The molecule has 212 valence electrons. The van der Waals surface area contributed by atoms with Crippen LogP contribution in [0.15, 0.2) is 73.1 Å². The van der Waals surface area contributed by atoms with E-state index in [0.717, 1.165) is 81.0 Å². The van der Waals surface area contributed by atoms with Crippen LogP contribution >= 0.6 is 0 Å². The van der Waals surface area contributed by atoms with Gasteiger partial charge in [-0.3, -0.25) is 15.0 Å². The van der Waals surface area contributed by atoms with E-state index in [1.54, 1.807) is 6.07 Å². The molecular weight excluding hydrogens is 529 g/mol. The van der Waals surface area contributed by atoms with E-state index in [9.17, 15) is 4.39 Å². The maximum absolute atomic E-state index is 14.8. The monoisotopic (exact) mass is 561 g/mol. The summed E-state index contributed by atoms with van der Waals surface area (Å²) in [5.74, 6) is 0.221. The summed E-state index contributed by atoms with van der Waals surface area (Å²) in [7, 11) is 3.98. The highest BCUT2D eigenvalue weighted by Crippen LogP contribution is 2.36. The van der Waals surface area contributed by atoms with Crippen LogP contribution in [0.5, 0.6) is 5.75 Å². The van der Waals surface area contributed by atoms with E-state index in [0.29, 0.717) is 12.4 Å². The first kappa shape index (κ1) is 26.2. The van der Waals surface area contributed by atoms with E-state index in [-0.39, 0.29) is 5.82 Å². The Morgan fingerprint density at radius 1 is 0.952 bits per heavy atom. The number of ether oxygens (including phenoxy) is 1. The van der Waals surface area contributed by atoms with Gasteiger partial charge in [-0.25, -0.2) is 9.37 Å². The van der Waals surface area contributed by atoms with Crippen molar-refractivity contribution < 1.29 is 9.13 Å². The molecule has 0 amide bonds. The number of rotatable bonds is 8. The quantitative estimate of drug-likeness (QED) is 0.220. The summed E-state index contributed by atoms with van der Waals surface area (Å²) >= 11 is 0. The second-order valence-corrected chi connectivity index (χ2v) is 11.0. The molecule has 0 saturated carbocycles. The highest BCUT2D eigenvalue weighted by Gasteiger charge is 2.17. The van der Waals surface area contributed by atoms with Crippen LogP contribution in [0.25, 0.3) is 55.7 Å². The summed E-state index contributed by atoms with van der Waals surface area (Å²) < 4.78 is 20.7. The number of aromatic amines is 2. The Kier molecular flexibility index (Phi) is 6.79. The van der Waals surface area contributed by atoms with Crippen molar-refractivity contribution in [3.63, 3.8) is 0 Å². The summed E-state index contributed by atoms with van der Waals surface area (Å²) in [5, 5.41) is 8.69. The molecule has 0 radical (unpaired) electrons. The molecule has 1 aliphatic heterocycles. The number of fused-ring (bicyclic) bond motifs is 2. The minimum Gasteiger partial charge on any atom is -0.492 e. The fourth-order valence-corrected chi connectivity index (χ4v) is 5.69. The van der Waals surface area contributed by atoms with Gasteiger partial charge in [-0.1, -0.05) is 12.1 Å². The summed E-state index contributed by atoms with van der Waals surface area (Å²) in [6, 6.07) is 19.0. The molecular formula is C33H32FN7O. The maximum Gasteiger partial charge on any atom is 0.135 e. The molecule has 42 heavy (non-hydrogen) atoms. The Balaban J connectivity index is 1.22. The molecule has 7 rings (SSSR count). The van der Waals surface area contributed by atoms with Crippen LogP contribution in [-0.4, -0.2) is 70.4 Å². The molecule has 0 spiro atoms. The number of halogens is 1. The molecule has 2 N–H and O–H groups in total. The topological polar surface area (TPSA) is 86.0 Å². The van der Waals surface area contributed by atoms with Crippen LogP contribution in [0.4, 0.5) is 10.1 Å². The van der Waals surface area contributed by atoms with Gasteiger partial charge in [0.15, 0.2) is 0 Å². The Bertz CT molecular complexity index is 1890. The van der Waals surface area contributed by atoms with Gasteiger partial charge in [0.25, 0.3) is 0 Å². The third-order valence-corrected chi connectivity index (χ3v) is 7.92. The van der Waals surface area contributed by atoms with E-state index in [2.05, 4.69) is 37.2 Å². The fourth-order valence-electron chi connectivity index (χ4n) is 5.69. The number of pyridine rings is 2. The number of H-pyrrole nitrogens is 2. The lowest BCUT2D eigenvalue weighted by atomic mass is 10.0. The molecule has 0 aliphatic carbocycles. The van der Waals surface area contributed by atoms with Crippen molar-refractivity contribution in [3.05, 3.63) is 78.9 Å².